The molecule has 2 N–H and O–H groups in total. The highest BCUT2D eigenvalue weighted by Gasteiger charge is 2.62. The standard InChI is InChI=1S/C20H20FN3O6/c1-8-6-24-16-10(3-11-12(7-25)23-30-17(11)15(16)21)5-20(18(24)9(2)29-8)13(26)4-14(27)22-19(20)28/h3,8-9,18,25H,4-7H2,1-2H3,(H,22,27,28)/t8-,9+,18-,20?/m1/s1. The Morgan fingerprint density at radius 1 is 1.37 bits per heavy atom. The number of rotatable bonds is 1. The van der Waals surface area contributed by atoms with Gasteiger partial charge in [0.05, 0.1) is 42.4 Å². The monoisotopic (exact) mass is 417 g/mol. The molecule has 1 unspecified atom stereocenters. The number of imide groups is 1. The maximum Gasteiger partial charge on any atom is 0.242 e. The summed E-state index contributed by atoms with van der Waals surface area (Å²) in [6.45, 7) is 3.38. The zero-order valence-corrected chi connectivity index (χ0v) is 16.4. The molecule has 4 heterocycles. The fraction of sp³-hybridized carbons (Fsp3) is 0.500. The van der Waals surface area contributed by atoms with Gasteiger partial charge in [-0.3, -0.25) is 19.7 Å². The van der Waals surface area contributed by atoms with Crippen LogP contribution in [0, 0.1) is 11.2 Å². The van der Waals surface area contributed by atoms with Crippen LogP contribution in [0.25, 0.3) is 11.0 Å². The van der Waals surface area contributed by atoms with Crippen molar-refractivity contribution in [1.82, 2.24) is 10.5 Å². The molecule has 0 radical (unpaired) electrons. The molecule has 2 saturated heterocycles. The van der Waals surface area contributed by atoms with E-state index < -0.39 is 54.0 Å². The molecule has 2 fully saturated rings. The van der Waals surface area contributed by atoms with Gasteiger partial charge in [0.25, 0.3) is 0 Å². The first-order chi connectivity index (χ1) is 14.3. The van der Waals surface area contributed by atoms with Gasteiger partial charge in [0.15, 0.2) is 11.6 Å². The van der Waals surface area contributed by atoms with E-state index in [0.29, 0.717) is 5.56 Å². The van der Waals surface area contributed by atoms with Gasteiger partial charge in [-0.15, -0.1) is 0 Å². The lowest BCUT2D eigenvalue weighted by molar-refractivity contribution is -0.158. The lowest BCUT2D eigenvalue weighted by Gasteiger charge is -2.55. The first-order valence-corrected chi connectivity index (χ1v) is 9.78. The Balaban J connectivity index is 1.79. The molecule has 10 heteroatoms. The molecule has 0 saturated carbocycles. The van der Waals surface area contributed by atoms with Gasteiger partial charge in [-0.2, -0.15) is 0 Å². The van der Waals surface area contributed by atoms with E-state index in [1.807, 2.05) is 6.92 Å². The average Bonchev–Trinajstić information content (AvgIpc) is 3.08. The summed E-state index contributed by atoms with van der Waals surface area (Å²) in [7, 11) is 0. The summed E-state index contributed by atoms with van der Waals surface area (Å²) in [5.74, 6) is -2.50. The van der Waals surface area contributed by atoms with Crippen molar-refractivity contribution in [2.24, 2.45) is 5.41 Å². The van der Waals surface area contributed by atoms with Crippen molar-refractivity contribution >= 4 is 34.3 Å². The number of amides is 2. The number of fused-ring (bicyclic) bond motifs is 5. The highest BCUT2D eigenvalue weighted by atomic mass is 19.1. The highest BCUT2D eigenvalue weighted by Crippen LogP contribution is 2.50. The number of benzene rings is 1. The average molecular weight is 417 g/mol. The number of nitrogens with zero attached hydrogens (tertiary/aromatic N) is 2. The number of carbonyl (C=O) groups is 3. The zero-order valence-electron chi connectivity index (χ0n) is 16.4. The molecule has 4 atom stereocenters. The first kappa shape index (κ1) is 19.1. The van der Waals surface area contributed by atoms with Gasteiger partial charge in [0.1, 0.15) is 11.1 Å². The topological polar surface area (TPSA) is 122 Å². The van der Waals surface area contributed by atoms with Gasteiger partial charge in [0.2, 0.25) is 17.4 Å². The number of hydrogen-bond acceptors (Lipinski definition) is 8. The molecular weight excluding hydrogens is 397 g/mol. The fourth-order valence-electron chi connectivity index (χ4n) is 5.31. The fourth-order valence-corrected chi connectivity index (χ4v) is 5.31. The summed E-state index contributed by atoms with van der Waals surface area (Å²) in [6.07, 6.45) is -1.36. The van der Waals surface area contributed by atoms with E-state index in [2.05, 4.69) is 10.5 Å². The van der Waals surface area contributed by atoms with Gasteiger partial charge in [0, 0.05) is 6.54 Å². The molecular formula is C20H20FN3O6. The van der Waals surface area contributed by atoms with E-state index in [-0.39, 0.29) is 41.4 Å². The third kappa shape index (κ3) is 2.34. The number of nitrogens with one attached hydrogen (secondary N) is 1. The molecule has 5 rings (SSSR count). The molecule has 0 bridgehead atoms. The summed E-state index contributed by atoms with van der Waals surface area (Å²) in [5, 5.41) is 15.8. The van der Waals surface area contributed by atoms with Crippen LogP contribution in [-0.2, 0) is 32.1 Å². The Bertz CT molecular complexity index is 1090. The molecule has 3 aliphatic rings. The predicted octanol–water partition coefficient (Wildman–Crippen LogP) is 0.599. The lowest BCUT2D eigenvalue weighted by atomic mass is 9.63. The van der Waals surface area contributed by atoms with Crippen molar-refractivity contribution in [2.45, 2.75) is 51.5 Å². The smallest absolute Gasteiger partial charge is 0.242 e. The number of aliphatic hydroxyl groups excluding tert-OH is 1. The molecule has 0 aliphatic carbocycles. The molecule has 3 aliphatic heterocycles. The van der Waals surface area contributed by atoms with E-state index in [1.165, 1.54) is 0 Å². The third-order valence-electron chi connectivity index (χ3n) is 6.40. The van der Waals surface area contributed by atoms with Gasteiger partial charge in [-0.1, -0.05) is 5.16 Å². The Morgan fingerprint density at radius 3 is 2.83 bits per heavy atom. The summed E-state index contributed by atoms with van der Waals surface area (Å²) in [6, 6.07) is 0.823. The van der Waals surface area contributed by atoms with E-state index in [1.54, 1.807) is 17.9 Å². The van der Waals surface area contributed by atoms with Crippen LogP contribution in [0.1, 0.15) is 31.5 Å². The Labute approximate surface area is 170 Å². The Hall–Kier alpha value is -2.85. The third-order valence-corrected chi connectivity index (χ3v) is 6.40. The quantitative estimate of drug-likeness (QED) is 0.511. The minimum Gasteiger partial charge on any atom is -0.390 e. The first-order valence-electron chi connectivity index (χ1n) is 9.78. The number of morpholine rings is 1. The largest absolute Gasteiger partial charge is 0.390 e. The molecule has 9 nitrogen and oxygen atoms in total. The molecule has 2 amide bonds. The second-order valence-corrected chi connectivity index (χ2v) is 8.24. The zero-order chi connectivity index (χ0) is 21.4. The van der Waals surface area contributed by atoms with Crippen molar-refractivity contribution in [3.05, 3.63) is 23.1 Å². The number of ketones is 1. The number of aromatic nitrogens is 1. The molecule has 1 aromatic heterocycles. The molecule has 1 aromatic carbocycles. The van der Waals surface area contributed by atoms with Crippen LogP contribution in [0.3, 0.4) is 0 Å². The number of anilines is 1. The Kier molecular flexibility index (Phi) is 4.03. The number of aliphatic hydroxyl groups is 1. The van der Waals surface area contributed by atoms with Crippen molar-refractivity contribution < 1.29 is 33.1 Å². The van der Waals surface area contributed by atoms with Crippen LogP contribution < -0.4 is 10.2 Å². The number of ether oxygens (including phenoxy) is 1. The minimum atomic E-state index is -1.59. The van der Waals surface area contributed by atoms with Crippen LogP contribution in [0.15, 0.2) is 10.6 Å². The normalized spacial score (nSPS) is 31.1. The SMILES string of the molecule is C[C@@H]1CN2c3c(cc4c(CO)noc4c3F)CC3(C(=O)CC(=O)NC3=O)[C@H]2[C@H](C)O1. The number of carbonyl (C=O) groups excluding carboxylic acids is 3. The molecule has 158 valence electrons. The molecule has 1 spiro atoms. The summed E-state index contributed by atoms with van der Waals surface area (Å²) in [4.78, 5) is 39.8. The summed E-state index contributed by atoms with van der Waals surface area (Å²) < 4.78 is 26.7. The second-order valence-electron chi connectivity index (χ2n) is 8.24. The minimum absolute atomic E-state index is 0.0890. The number of Topliss-reactive ketones (excluding diaryl/α,β-unsaturated/α-hetero) is 1. The van der Waals surface area contributed by atoms with Crippen molar-refractivity contribution in [3.63, 3.8) is 0 Å². The maximum atomic E-state index is 15.6. The number of hydrogen-bond donors (Lipinski definition) is 2. The van der Waals surface area contributed by atoms with Gasteiger partial charge in [-0.05, 0) is 31.9 Å². The highest BCUT2D eigenvalue weighted by molar-refractivity contribution is 6.22. The number of halogens is 1. The predicted molar refractivity (Wildman–Crippen MR) is 99.9 cm³/mol. The van der Waals surface area contributed by atoms with Crippen molar-refractivity contribution in [2.75, 3.05) is 11.4 Å². The Morgan fingerprint density at radius 2 is 2.13 bits per heavy atom. The number of piperidine rings is 1. The van der Waals surface area contributed by atoms with Gasteiger partial charge >= 0.3 is 0 Å². The molecule has 2 aromatic rings. The van der Waals surface area contributed by atoms with Crippen LogP contribution >= 0.6 is 0 Å². The van der Waals surface area contributed by atoms with E-state index >= 15 is 4.39 Å². The van der Waals surface area contributed by atoms with E-state index in [0.717, 1.165) is 0 Å². The summed E-state index contributed by atoms with van der Waals surface area (Å²) >= 11 is 0. The van der Waals surface area contributed by atoms with Crippen LogP contribution in [0.2, 0.25) is 0 Å². The molecule has 30 heavy (non-hydrogen) atoms. The maximum absolute atomic E-state index is 15.6. The second kappa shape index (κ2) is 6.32. The van der Waals surface area contributed by atoms with E-state index in [9.17, 15) is 19.5 Å². The van der Waals surface area contributed by atoms with Crippen LogP contribution in [0.5, 0.6) is 0 Å². The summed E-state index contributed by atoms with van der Waals surface area (Å²) in [5.41, 5.74) is -0.849. The van der Waals surface area contributed by atoms with E-state index in [4.69, 9.17) is 9.26 Å². The van der Waals surface area contributed by atoms with Crippen molar-refractivity contribution in [3.8, 4) is 0 Å². The van der Waals surface area contributed by atoms with Crippen LogP contribution in [0.4, 0.5) is 10.1 Å². The lowest BCUT2D eigenvalue weighted by Crippen LogP contribution is -2.72. The van der Waals surface area contributed by atoms with Gasteiger partial charge in [-0.25, -0.2) is 4.39 Å². The van der Waals surface area contributed by atoms with Crippen LogP contribution in [-0.4, -0.2) is 52.7 Å². The van der Waals surface area contributed by atoms with Gasteiger partial charge < -0.3 is 19.3 Å². The van der Waals surface area contributed by atoms with Crippen molar-refractivity contribution in [1.29, 1.82) is 0 Å².